The highest BCUT2D eigenvalue weighted by Gasteiger charge is 2.37. The van der Waals surface area contributed by atoms with Gasteiger partial charge in [0.15, 0.2) is 0 Å². The number of anilines is 1. The molecule has 4 rings (SSSR count). The first-order valence-corrected chi connectivity index (χ1v) is 11.5. The van der Waals surface area contributed by atoms with Crippen molar-refractivity contribution < 1.29 is 14.3 Å². The van der Waals surface area contributed by atoms with Gasteiger partial charge in [-0.25, -0.2) is 4.79 Å². The zero-order valence-corrected chi connectivity index (χ0v) is 18.5. The van der Waals surface area contributed by atoms with Crippen LogP contribution in [0.1, 0.15) is 29.8 Å². The van der Waals surface area contributed by atoms with E-state index < -0.39 is 6.09 Å². The van der Waals surface area contributed by atoms with E-state index in [4.69, 9.17) is 4.74 Å². The molecular weight excluding hydrogens is 408 g/mol. The molecule has 1 saturated heterocycles. The van der Waals surface area contributed by atoms with Crippen molar-refractivity contribution in [3.63, 3.8) is 0 Å². The largest absolute Gasteiger partial charge is 0.447 e. The van der Waals surface area contributed by atoms with E-state index in [1.165, 1.54) is 5.56 Å². The summed E-state index contributed by atoms with van der Waals surface area (Å²) in [5, 5.41) is 4.80. The number of aryl methyl sites for hydroxylation is 1. The van der Waals surface area contributed by atoms with Gasteiger partial charge in [-0.1, -0.05) is 73.2 Å². The van der Waals surface area contributed by atoms with Crippen LogP contribution < -0.4 is 5.32 Å². The van der Waals surface area contributed by atoms with Crippen molar-refractivity contribution in [3.05, 3.63) is 77.9 Å². The molecule has 1 fully saturated rings. The number of fused-ring (bicyclic) bond motifs is 1. The maximum atomic E-state index is 12.7. The first kappa shape index (κ1) is 21.2. The summed E-state index contributed by atoms with van der Waals surface area (Å²) in [5.74, 6) is 0.525. The summed E-state index contributed by atoms with van der Waals surface area (Å²) in [4.78, 5) is 27.1. The van der Waals surface area contributed by atoms with Crippen molar-refractivity contribution in [2.24, 2.45) is 0 Å². The van der Waals surface area contributed by atoms with E-state index in [0.717, 1.165) is 16.3 Å². The minimum absolute atomic E-state index is 0.0530. The number of hydrogen-bond donors (Lipinski definition) is 1. The Morgan fingerprint density at radius 2 is 1.87 bits per heavy atom. The van der Waals surface area contributed by atoms with E-state index in [2.05, 4.69) is 29.6 Å². The fourth-order valence-corrected chi connectivity index (χ4v) is 5.12. The second-order valence-electron chi connectivity index (χ2n) is 7.69. The highest BCUT2D eigenvalue weighted by molar-refractivity contribution is 8.00. The number of rotatable bonds is 6. The van der Waals surface area contributed by atoms with Gasteiger partial charge in [-0.15, -0.1) is 11.8 Å². The number of carbonyl (C=O) groups excluding carboxylic acids is 2. The lowest BCUT2D eigenvalue weighted by molar-refractivity contribution is -0.131. The predicted molar refractivity (Wildman–Crippen MR) is 126 cm³/mol. The van der Waals surface area contributed by atoms with Gasteiger partial charge >= 0.3 is 6.09 Å². The number of thioether (sulfide) groups is 1. The van der Waals surface area contributed by atoms with Crippen LogP contribution in [-0.4, -0.2) is 35.3 Å². The maximum Gasteiger partial charge on any atom is 0.411 e. The predicted octanol–water partition coefficient (Wildman–Crippen LogP) is 5.75. The molecule has 1 aliphatic heterocycles. The molecule has 3 aromatic rings. The molecule has 31 heavy (non-hydrogen) atoms. The van der Waals surface area contributed by atoms with Crippen LogP contribution in [0.2, 0.25) is 0 Å². The van der Waals surface area contributed by atoms with Crippen LogP contribution in [0.3, 0.4) is 0 Å². The molecule has 0 aliphatic carbocycles. The number of nitrogens with one attached hydrogen (secondary N) is 1. The number of ether oxygens (including phenoxy) is 1. The second kappa shape index (κ2) is 9.43. The topological polar surface area (TPSA) is 58.6 Å². The highest BCUT2D eigenvalue weighted by atomic mass is 32.2. The zero-order chi connectivity index (χ0) is 21.8. The van der Waals surface area contributed by atoms with Gasteiger partial charge in [0.25, 0.3) is 0 Å². The third-order valence-corrected chi connectivity index (χ3v) is 6.79. The van der Waals surface area contributed by atoms with Crippen LogP contribution in [0.15, 0.2) is 66.7 Å². The van der Waals surface area contributed by atoms with Crippen molar-refractivity contribution in [1.29, 1.82) is 0 Å². The molecule has 1 heterocycles. The summed E-state index contributed by atoms with van der Waals surface area (Å²) in [6, 6.07) is 21.7. The maximum absolute atomic E-state index is 12.7. The van der Waals surface area contributed by atoms with Gasteiger partial charge in [-0.2, -0.15) is 0 Å². The van der Waals surface area contributed by atoms with Crippen molar-refractivity contribution in [2.75, 3.05) is 17.7 Å². The third kappa shape index (κ3) is 4.69. The molecule has 0 aromatic heterocycles. The van der Waals surface area contributed by atoms with Gasteiger partial charge in [0, 0.05) is 5.39 Å². The monoisotopic (exact) mass is 434 g/mol. The van der Waals surface area contributed by atoms with Gasteiger partial charge in [-0.3, -0.25) is 10.1 Å². The molecule has 2 amide bonds. The van der Waals surface area contributed by atoms with Gasteiger partial charge in [0.1, 0.15) is 12.0 Å². The lowest BCUT2D eigenvalue weighted by Gasteiger charge is -2.32. The molecular formula is C25H26N2O3S. The van der Waals surface area contributed by atoms with E-state index >= 15 is 0 Å². The first-order chi connectivity index (χ1) is 15.1. The quantitative estimate of drug-likeness (QED) is 0.537. The molecule has 1 aliphatic rings. The minimum Gasteiger partial charge on any atom is -0.447 e. The summed E-state index contributed by atoms with van der Waals surface area (Å²) in [6.45, 7) is 4.21. The number of amides is 2. The van der Waals surface area contributed by atoms with Crippen LogP contribution in [0.5, 0.6) is 0 Å². The average Bonchev–Trinajstić information content (AvgIpc) is 3.16. The highest BCUT2D eigenvalue weighted by Crippen LogP contribution is 2.40. The van der Waals surface area contributed by atoms with Gasteiger partial charge in [0.2, 0.25) is 5.91 Å². The Labute approximate surface area is 186 Å². The molecule has 3 aromatic carbocycles. The number of carbonyl (C=O) groups is 2. The fourth-order valence-electron chi connectivity index (χ4n) is 3.87. The SMILES string of the molecule is CCC(COC(=O)Nc1cccc2ccccc12)N1C(=O)CSC1c1ccc(C)cc1. The van der Waals surface area contributed by atoms with Crippen LogP contribution in [-0.2, 0) is 9.53 Å². The number of hydrogen-bond acceptors (Lipinski definition) is 4. The molecule has 0 spiro atoms. The Hall–Kier alpha value is -2.99. The van der Waals surface area contributed by atoms with E-state index in [-0.39, 0.29) is 23.9 Å². The molecule has 0 bridgehead atoms. The molecule has 2 unspecified atom stereocenters. The van der Waals surface area contributed by atoms with Crippen LogP contribution in [0.4, 0.5) is 10.5 Å². The van der Waals surface area contributed by atoms with Crippen molar-refractivity contribution in [2.45, 2.75) is 31.7 Å². The van der Waals surface area contributed by atoms with Crippen molar-refractivity contribution in [1.82, 2.24) is 4.90 Å². The molecule has 5 nitrogen and oxygen atoms in total. The second-order valence-corrected chi connectivity index (χ2v) is 8.76. The Morgan fingerprint density at radius 3 is 2.65 bits per heavy atom. The summed E-state index contributed by atoms with van der Waals surface area (Å²) in [7, 11) is 0. The van der Waals surface area contributed by atoms with Crippen LogP contribution >= 0.6 is 11.8 Å². The standard InChI is InChI=1S/C25H26N2O3S/c1-3-20(27-23(28)16-31-24(27)19-13-11-17(2)12-14-19)15-30-25(29)26-22-10-6-8-18-7-4-5-9-21(18)22/h4-14,20,24H,3,15-16H2,1-2H3,(H,26,29). The Balaban J connectivity index is 1.44. The summed E-state index contributed by atoms with van der Waals surface area (Å²) in [6.07, 6.45) is 0.192. The van der Waals surface area contributed by atoms with Crippen LogP contribution in [0, 0.1) is 6.92 Å². The Morgan fingerprint density at radius 1 is 1.13 bits per heavy atom. The van der Waals surface area contributed by atoms with Crippen LogP contribution in [0.25, 0.3) is 10.8 Å². The van der Waals surface area contributed by atoms with Gasteiger partial charge in [0.05, 0.1) is 17.5 Å². The zero-order valence-electron chi connectivity index (χ0n) is 17.7. The average molecular weight is 435 g/mol. The van der Waals surface area contributed by atoms with Gasteiger partial charge in [-0.05, 0) is 30.4 Å². The Bertz CT molecular complexity index is 1080. The molecule has 0 saturated carbocycles. The normalized spacial score (nSPS) is 17.0. The van der Waals surface area contributed by atoms with Crippen molar-refractivity contribution in [3.8, 4) is 0 Å². The molecule has 160 valence electrons. The summed E-state index contributed by atoms with van der Waals surface area (Å²) in [5.41, 5.74) is 2.99. The van der Waals surface area contributed by atoms with E-state index in [1.54, 1.807) is 11.8 Å². The molecule has 0 radical (unpaired) electrons. The fraction of sp³-hybridized carbons (Fsp3) is 0.280. The summed E-state index contributed by atoms with van der Waals surface area (Å²) < 4.78 is 5.56. The molecule has 6 heteroatoms. The lowest BCUT2D eigenvalue weighted by Crippen LogP contribution is -2.41. The number of benzene rings is 3. The van der Waals surface area contributed by atoms with E-state index in [9.17, 15) is 9.59 Å². The lowest BCUT2D eigenvalue weighted by atomic mass is 10.1. The Kier molecular flexibility index (Phi) is 6.47. The number of nitrogens with zero attached hydrogens (tertiary/aromatic N) is 1. The molecule has 1 N–H and O–H groups in total. The van der Waals surface area contributed by atoms with Crippen molar-refractivity contribution >= 4 is 40.2 Å². The van der Waals surface area contributed by atoms with Gasteiger partial charge < -0.3 is 9.64 Å². The van der Waals surface area contributed by atoms with E-state index in [1.807, 2.05) is 61.2 Å². The summed E-state index contributed by atoms with van der Waals surface area (Å²) >= 11 is 1.62. The smallest absolute Gasteiger partial charge is 0.411 e. The minimum atomic E-state index is -0.513. The first-order valence-electron chi connectivity index (χ1n) is 10.5. The third-order valence-electron chi connectivity index (χ3n) is 5.57. The van der Waals surface area contributed by atoms with E-state index in [0.29, 0.717) is 17.9 Å². The molecule has 2 atom stereocenters.